The molecule has 0 heterocycles. The molecule has 2 rings (SSSR count). The van der Waals surface area contributed by atoms with E-state index in [2.05, 4.69) is 6.08 Å². The van der Waals surface area contributed by atoms with Crippen LogP contribution in [0.25, 0.3) is 0 Å². The van der Waals surface area contributed by atoms with E-state index >= 15 is 0 Å². The van der Waals surface area contributed by atoms with E-state index in [9.17, 15) is 8.42 Å². The van der Waals surface area contributed by atoms with Gasteiger partial charge in [0.25, 0.3) is 0 Å². The van der Waals surface area contributed by atoms with Crippen molar-refractivity contribution in [3.63, 3.8) is 0 Å². The highest BCUT2D eigenvalue weighted by molar-refractivity contribution is 7.91. The van der Waals surface area contributed by atoms with E-state index in [-0.39, 0.29) is 11.3 Å². The summed E-state index contributed by atoms with van der Waals surface area (Å²) in [5.74, 6) is 0.474. The molecular formula is C12H21NO2S. The van der Waals surface area contributed by atoms with Crippen LogP contribution in [0.1, 0.15) is 38.5 Å². The number of hydrogen-bond donors (Lipinski definition) is 1. The van der Waals surface area contributed by atoms with Gasteiger partial charge in [-0.1, -0.05) is 18.1 Å². The zero-order valence-corrected chi connectivity index (χ0v) is 10.7. The lowest BCUT2D eigenvalue weighted by Crippen LogP contribution is -2.28. The van der Waals surface area contributed by atoms with Crippen LogP contribution in [0.5, 0.6) is 0 Å². The molecule has 0 aliphatic heterocycles. The van der Waals surface area contributed by atoms with Gasteiger partial charge in [-0.25, -0.2) is 8.42 Å². The fourth-order valence-electron chi connectivity index (χ4n) is 2.99. The third-order valence-electron chi connectivity index (χ3n) is 3.95. The Morgan fingerprint density at radius 2 is 2.06 bits per heavy atom. The molecule has 3 unspecified atom stereocenters. The Balaban J connectivity index is 2.05. The molecule has 0 radical (unpaired) electrons. The summed E-state index contributed by atoms with van der Waals surface area (Å²) in [5, 5.41) is -0.121. The first kappa shape index (κ1) is 12.1. The molecule has 2 aliphatic rings. The first-order valence-corrected chi connectivity index (χ1v) is 8.07. The lowest BCUT2D eigenvalue weighted by Gasteiger charge is -2.29. The molecule has 3 atom stereocenters. The van der Waals surface area contributed by atoms with Crippen LogP contribution in [0.3, 0.4) is 0 Å². The maximum atomic E-state index is 11.6. The Kier molecular flexibility index (Phi) is 3.40. The lowest BCUT2D eigenvalue weighted by atomic mass is 9.83. The summed E-state index contributed by atoms with van der Waals surface area (Å²) in [6.07, 6.45) is 9.48. The molecular weight excluding hydrogens is 222 g/mol. The van der Waals surface area contributed by atoms with E-state index in [1.165, 1.54) is 11.8 Å². The number of rotatable bonds is 2. The number of sulfone groups is 1. The average Bonchev–Trinajstić information content (AvgIpc) is 2.64. The first-order chi connectivity index (χ1) is 7.47. The van der Waals surface area contributed by atoms with E-state index < -0.39 is 9.84 Å². The van der Waals surface area contributed by atoms with Crippen LogP contribution in [0.2, 0.25) is 0 Å². The summed E-state index contributed by atoms with van der Waals surface area (Å²) in [6, 6.07) is 0.202. The monoisotopic (exact) mass is 243 g/mol. The second-order valence-corrected chi connectivity index (χ2v) is 7.58. The minimum Gasteiger partial charge on any atom is -0.324 e. The third kappa shape index (κ3) is 2.66. The standard InChI is InChI=1S/C12H21NO2S/c1-16(14,15)12-4-2-3-9(8-12)10-5-6-11(13)7-10/h7,9,11-12H,2-6,8,13H2,1H3. The third-order valence-corrected chi connectivity index (χ3v) is 5.59. The fourth-order valence-corrected chi connectivity index (χ4v) is 4.16. The quantitative estimate of drug-likeness (QED) is 0.750. The van der Waals surface area contributed by atoms with Gasteiger partial charge in [0.05, 0.1) is 5.25 Å². The maximum Gasteiger partial charge on any atom is 0.150 e. The molecule has 0 bridgehead atoms. The van der Waals surface area contributed by atoms with E-state index in [1.54, 1.807) is 0 Å². The summed E-state index contributed by atoms with van der Waals surface area (Å²) in [4.78, 5) is 0. The fraction of sp³-hybridized carbons (Fsp3) is 0.833. The Bertz CT molecular complexity index is 386. The molecule has 1 fully saturated rings. The van der Waals surface area contributed by atoms with Gasteiger partial charge in [-0.15, -0.1) is 0 Å². The van der Waals surface area contributed by atoms with Gasteiger partial charge in [0.15, 0.2) is 0 Å². The number of allylic oxidation sites excluding steroid dienone is 1. The minimum absolute atomic E-state index is 0.121. The van der Waals surface area contributed by atoms with Crippen LogP contribution >= 0.6 is 0 Å². The number of nitrogens with two attached hydrogens (primary N) is 1. The first-order valence-electron chi connectivity index (χ1n) is 6.12. The largest absolute Gasteiger partial charge is 0.324 e. The molecule has 4 heteroatoms. The van der Waals surface area contributed by atoms with Gasteiger partial charge in [0.1, 0.15) is 9.84 Å². The molecule has 0 spiro atoms. The van der Waals surface area contributed by atoms with Crippen molar-refractivity contribution in [1.82, 2.24) is 0 Å². The lowest BCUT2D eigenvalue weighted by molar-refractivity contribution is 0.394. The van der Waals surface area contributed by atoms with Gasteiger partial charge in [-0.3, -0.25) is 0 Å². The van der Waals surface area contributed by atoms with E-state index in [4.69, 9.17) is 5.73 Å². The minimum atomic E-state index is -2.86. The molecule has 2 N–H and O–H groups in total. The van der Waals surface area contributed by atoms with E-state index in [0.717, 1.165) is 38.5 Å². The van der Waals surface area contributed by atoms with Crippen LogP contribution in [-0.4, -0.2) is 26.0 Å². The Hall–Kier alpha value is -0.350. The van der Waals surface area contributed by atoms with Gasteiger partial charge in [0, 0.05) is 12.3 Å². The molecule has 0 aromatic heterocycles. The predicted octanol–water partition coefficient (Wildman–Crippen LogP) is 1.64. The van der Waals surface area contributed by atoms with Crippen molar-refractivity contribution < 1.29 is 8.42 Å². The van der Waals surface area contributed by atoms with Gasteiger partial charge in [-0.05, 0) is 38.0 Å². The second kappa shape index (κ2) is 4.49. The number of hydrogen-bond acceptors (Lipinski definition) is 3. The molecule has 1 saturated carbocycles. The Labute approximate surface area is 98.0 Å². The highest BCUT2D eigenvalue weighted by Crippen LogP contribution is 2.37. The molecule has 0 saturated heterocycles. The van der Waals surface area contributed by atoms with Gasteiger partial charge in [0.2, 0.25) is 0 Å². The normalized spacial score (nSPS) is 36.1. The SMILES string of the molecule is CS(=O)(=O)C1CCCC(C2=CC(N)CC2)C1. The van der Waals surface area contributed by atoms with E-state index in [0.29, 0.717) is 5.92 Å². The van der Waals surface area contributed by atoms with Gasteiger partial charge >= 0.3 is 0 Å². The van der Waals surface area contributed by atoms with Crippen molar-refractivity contribution in [2.24, 2.45) is 11.7 Å². The molecule has 2 aliphatic carbocycles. The van der Waals surface area contributed by atoms with Crippen molar-refractivity contribution >= 4 is 9.84 Å². The highest BCUT2D eigenvalue weighted by atomic mass is 32.2. The van der Waals surface area contributed by atoms with Crippen LogP contribution in [0.4, 0.5) is 0 Å². The van der Waals surface area contributed by atoms with Crippen molar-refractivity contribution in [3.8, 4) is 0 Å². The second-order valence-electron chi connectivity index (χ2n) is 5.26. The van der Waals surface area contributed by atoms with Crippen LogP contribution in [0.15, 0.2) is 11.6 Å². The molecule has 16 heavy (non-hydrogen) atoms. The Morgan fingerprint density at radius 3 is 2.62 bits per heavy atom. The van der Waals surface area contributed by atoms with Gasteiger partial charge < -0.3 is 5.73 Å². The molecule has 0 aromatic carbocycles. The van der Waals surface area contributed by atoms with Crippen molar-refractivity contribution in [1.29, 1.82) is 0 Å². The molecule has 3 nitrogen and oxygen atoms in total. The molecule has 0 aromatic rings. The topological polar surface area (TPSA) is 60.2 Å². The summed E-state index contributed by atoms with van der Waals surface area (Å²) >= 11 is 0. The predicted molar refractivity (Wildman–Crippen MR) is 65.9 cm³/mol. The van der Waals surface area contributed by atoms with E-state index in [1.807, 2.05) is 0 Å². The Morgan fingerprint density at radius 1 is 1.31 bits per heavy atom. The highest BCUT2D eigenvalue weighted by Gasteiger charge is 2.31. The van der Waals surface area contributed by atoms with Crippen molar-refractivity contribution in [3.05, 3.63) is 11.6 Å². The summed E-state index contributed by atoms with van der Waals surface area (Å²) in [5.41, 5.74) is 7.28. The zero-order valence-electron chi connectivity index (χ0n) is 9.85. The zero-order chi connectivity index (χ0) is 11.8. The summed E-state index contributed by atoms with van der Waals surface area (Å²) in [7, 11) is -2.86. The summed E-state index contributed by atoms with van der Waals surface area (Å²) in [6.45, 7) is 0. The molecule has 0 amide bonds. The summed E-state index contributed by atoms with van der Waals surface area (Å²) < 4.78 is 23.1. The smallest absolute Gasteiger partial charge is 0.150 e. The van der Waals surface area contributed by atoms with Crippen LogP contribution < -0.4 is 5.73 Å². The van der Waals surface area contributed by atoms with Crippen molar-refractivity contribution in [2.45, 2.75) is 49.8 Å². The molecule has 92 valence electrons. The maximum absolute atomic E-state index is 11.6. The van der Waals surface area contributed by atoms with Crippen LogP contribution in [0, 0.1) is 5.92 Å². The van der Waals surface area contributed by atoms with Gasteiger partial charge in [-0.2, -0.15) is 0 Å². The van der Waals surface area contributed by atoms with Crippen molar-refractivity contribution in [2.75, 3.05) is 6.26 Å². The van der Waals surface area contributed by atoms with Crippen LogP contribution in [-0.2, 0) is 9.84 Å². The average molecular weight is 243 g/mol.